The van der Waals surface area contributed by atoms with E-state index in [1.807, 2.05) is 24.3 Å². The smallest absolute Gasteiger partial charge is 0.137 e. The first-order chi connectivity index (χ1) is 8.65. The van der Waals surface area contributed by atoms with Crippen molar-refractivity contribution in [1.82, 2.24) is 0 Å². The van der Waals surface area contributed by atoms with E-state index >= 15 is 0 Å². The maximum atomic E-state index is 13.0. The van der Waals surface area contributed by atoms with Gasteiger partial charge in [-0.3, -0.25) is 0 Å². The van der Waals surface area contributed by atoms with E-state index in [0.717, 1.165) is 15.6 Å². The molecule has 94 valence electrons. The maximum absolute atomic E-state index is 13.0. The van der Waals surface area contributed by atoms with Gasteiger partial charge in [-0.05, 0) is 51.3 Å². The molecule has 0 radical (unpaired) electrons. The topological polar surface area (TPSA) is 9.23 Å². The van der Waals surface area contributed by atoms with Crippen LogP contribution in [0.4, 0.5) is 4.39 Å². The van der Waals surface area contributed by atoms with Crippen molar-refractivity contribution >= 4 is 31.9 Å². The van der Waals surface area contributed by atoms with Crippen LogP contribution in [0.15, 0.2) is 51.4 Å². The Hall–Kier alpha value is -0.710. The van der Waals surface area contributed by atoms with Crippen LogP contribution in [-0.2, 0) is 18.0 Å². The van der Waals surface area contributed by atoms with Gasteiger partial charge < -0.3 is 4.74 Å². The van der Waals surface area contributed by atoms with E-state index < -0.39 is 0 Å². The summed E-state index contributed by atoms with van der Waals surface area (Å²) in [6.45, 7) is 1.01. The van der Waals surface area contributed by atoms with Gasteiger partial charge in [0, 0.05) is 4.47 Å². The number of hydrogen-bond donors (Lipinski definition) is 0. The largest absolute Gasteiger partial charge is 0.372 e. The summed E-state index contributed by atoms with van der Waals surface area (Å²) in [6, 6.07) is 12.9. The summed E-state index contributed by atoms with van der Waals surface area (Å²) < 4.78 is 20.1. The molecule has 0 fully saturated rings. The predicted molar refractivity (Wildman–Crippen MR) is 76.7 cm³/mol. The standard InChI is InChI=1S/C14H11Br2FO/c15-12-4-1-10(2-5-12)8-18-9-11-3-6-14(17)13(16)7-11/h1-7H,8-9H2. The van der Waals surface area contributed by atoms with Crippen LogP contribution in [0.25, 0.3) is 0 Å². The van der Waals surface area contributed by atoms with Gasteiger partial charge in [-0.1, -0.05) is 34.1 Å². The number of hydrogen-bond acceptors (Lipinski definition) is 1. The summed E-state index contributed by atoms with van der Waals surface area (Å²) in [5, 5.41) is 0. The summed E-state index contributed by atoms with van der Waals surface area (Å²) in [5.74, 6) is -0.258. The fourth-order valence-corrected chi connectivity index (χ4v) is 2.19. The van der Waals surface area contributed by atoms with E-state index in [4.69, 9.17) is 4.74 Å². The summed E-state index contributed by atoms with van der Waals surface area (Å²) in [5.41, 5.74) is 2.06. The lowest BCUT2D eigenvalue weighted by molar-refractivity contribution is 0.107. The fourth-order valence-electron chi connectivity index (χ4n) is 1.50. The average molecular weight is 374 g/mol. The normalized spacial score (nSPS) is 10.6. The molecule has 0 aliphatic rings. The first-order valence-corrected chi connectivity index (χ1v) is 7.00. The van der Waals surface area contributed by atoms with Crippen molar-refractivity contribution in [2.75, 3.05) is 0 Å². The highest BCUT2D eigenvalue weighted by atomic mass is 79.9. The molecule has 2 aromatic rings. The third kappa shape index (κ3) is 3.90. The second kappa shape index (κ2) is 6.45. The molecule has 0 aliphatic carbocycles. The molecular weight excluding hydrogens is 363 g/mol. The molecule has 2 aromatic carbocycles. The van der Waals surface area contributed by atoms with Crippen molar-refractivity contribution in [2.45, 2.75) is 13.2 Å². The third-order valence-corrected chi connectivity index (χ3v) is 3.57. The second-order valence-electron chi connectivity index (χ2n) is 3.87. The molecule has 0 saturated carbocycles. The molecule has 0 N–H and O–H groups in total. The minimum Gasteiger partial charge on any atom is -0.372 e. The Morgan fingerprint density at radius 2 is 1.50 bits per heavy atom. The number of halogens is 3. The number of benzene rings is 2. The molecule has 1 nitrogen and oxygen atoms in total. The quantitative estimate of drug-likeness (QED) is 0.727. The SMILES string of the molecule is Fc1ccc(COCc2ccc(Br)cc2)cc1Br. The molecule has 0 atom stereocenters. The lowest BCUT2D eigenvalue weighted by Gasteiger charge is -2.05. The molecule has 0 heterocycles. The van der Waals surface area contributed by atoms with Crippen molar-refractivity contribution in [3.63, 3.8) is 0 Å². The molecule has 0 bridgehead atoms. The molecule has 0 spiro atoms. The maximum Gasteiger partial charge on any atom is 0.137 e. The van der Waals surface area contributed by atoms with E-state index in [1.54, 1.807) is 12.1 Å². The van der Waals surface area contributed by atoms with Gasteiger partial charge in [0.2, 0.25) is 0 Å². The minimum absolute atomic E-state index is 0.258. The lowest BCUT2D eigenvalue weighted by Crippen LogP contribution is -1.94. The zero-order chi connectivity index (χ0) is 13.0. The van der Waals surface area contributed by atoms with Gasteiger partial charge in [-0.2, -0.15) is 0 Å². The molecule has 18 heavy (non-hydrogen) atoms. The summed E-state index contributed by atoms with van der Waals surface area (Å²) in [7, 11) is 0. The van der Waals surface area contributed by atoms with Crippen LogP contribution < -0.4 is 0 Å². The van der Waals surface area contributed by atoms with Gasteiger partial charge in [-0.25, -0.2) is 4.39 Å². The van der Waals surface area contributed by atoms with Crippen LogP contribution >= 0.6 is 31.9 Å². The van der Waals surface area contributed by atoms with E-state index in [9.17, 15) is 4.39 Å². The molecular formula is C14H11Br2FO. The first kappa shape index (κ1) is 13.7. The Morgan fingerprint density at radius 1 is 0.889 bits per heavy atom. The monoisotopic (exact) mass is 372 g/mol. The van der Waals surface area contributed by atoms with Crippen LogP contribution in [0.5, 0.6) is 0 Å². The average Bonchev–Trinajstić information content (AvgIpc) is 2.36. The Bertz CT molecular complexity index is 526. The Balaban J connectivity index is 1.88. The van der Waals surface area contributed by atoms with E-state index in [-0.39, 0.29) is 5.82 Å². The second-order valence-corrected chi connectivity index (χ2v) is 5.64. The molecule has 0 saturated heterocycles. The molecule has 0 unspecified atom stereocenters. The van der Waals surface area contributed by atoms with Gasteiger partial charge in [0.25, 0.3) is 0 Å². The van der Waals surface area contributed by atoms with Crippen LogP contribution in [0.3, 0.4) is 0 Å². The summed E-state index contributed by atoms with van der Waals surface area (Å²) in [6.07, 6.45) is 0. The van der Waals surface area contributed by atoms with Gasteiger partial charge in [-0.15, -0.1) is 0 Å². The molecule has 0 aromatic heterocycles. The highest BCUT2D eigenvalue weighted by molar-refractivity contribution is 9.10. The predicted octanol–water partition coefficient (Wildman–Crippen LogP) is 5.07. The van der Waals surface area contributed by atoms with Crippen LogP contribution in [0.2, 0.25) is 0 Å². The van der Waals surface area contributed by atoms with Crippen molar-refractivity contribution in [3.8, 4) is 0 Å². The first-order valence-electron chi connectivity index (χ1n) is 5.41. The van der Waals surface area contributed by atoms with Crippen LogP contribution in [0, 0.1) is 5.82 Å². The van der Waals surface area contributed by atoms with Crippen molar-refractivity contribution in [1.29, 1.82) is 0 Å². The Morgan fingerprint density at radius 3 is 2.17 bits per heavy atom. The summed E-state index contributed by atoms with van der Waals surface area (Å²) in [4.78, 5) is 0. The summed E-state index contributed by atoms with van der Waals surface area (Å²) >= 11 is 6.54. The highest BCUT2D eigenvalue weighted by Gasteiger charge is 2.01. The van der Waals surface area contributed by atoms with Crippen LogP contribution in [0.1, 0.15) is 11.1 Å². The van der Waals surface area contributed by atoms with Crippen LogP contribution in [-0.4, -0.2) is 0 Å². The molecule has 0 aliphatic heterocycles. The van der Waals surface area contributed by atoms with Gasteiger partial charge in [0.1, 0.15) is 5.82 Å². The molecule has 4 heteroatoms. The van der Waals surface area contributed by atoms with Crippen molar-refractivity contribution in [2.24, 2.45) is 0 Å². The van der Waals surface area contributed by atoms with Gasteiger partial charge in [0.05, 0.1) is 17.7 Å². The van der Waals surface area contributed by atoms with Gasteiger partial charge in [0.15, 0.2) is 0 Å². The van der Waals surface area contributed by atoms with E-state index in [2.05, 4.69) is 31.9 Å². The van der Waals surface area contributed by atoms with E-state index in [1.165, 1.54) is 6.07 Å². The van der Waals surface area contributed by atoms with Crippen molar-refractivity contribution < 1.29 is 9.13 Å². The van der Waals surface area contributed by atoms with E-state index in [0.29, 0.717) is 17.7 Å². The highest BCUT2D eigenvalue weighted by Crippen LogP contribution is 2.18. The Kier molecular flexibility index (Phi) is 4.92. The number of rotatable bonds is 4. The van der Waals surface area contributed by atoms with Gasteiger partial charge >= 0.3 is 0 Å². The fraction of sp³-hybridized carbons (Fsp3) is 0.143. The minimum atomic E-state index is -0.258. The lowest BCUT2D eigenvalue weighted by atomic mass is 10.2. The molecule has 0 amide bonds. The Labute approximate surface area is 122 Å². The molecule has 2 rings (SSSR count). The zero-order valence-electron chi connectivity index (χ0n) is 9.50. The third-order valence-electron chi connectivity index (χ3n) is 2.43. The van der Waals surface area contributed by atoms with Crippen molar-refractivity contribution in [3.05, 3.63) is 68.4 Å². The number of ether oxygens (including phenoxy) is 1. The zero-order valence-corrected chi connectivity index (χ0v) is 12.7.